The van der Waals surface area contributed by atoms with Gasteiger partial charge in [-0.25, -0.2) is 9.97 Å². The molecule has 0 aliphatic carbocycles. The van der Waals surface area contributed by atoms with Crippen LogP contribution in [0.5, 0.6) is 5.75 Å². The summed E-state index contributed by atoms with van der Waals surface area (Å²) < 4.78 is 5.17. The number of anilines is 1. The first-order valence-corrected chi connectivity index (χ1v) is 10.3. The molecule has 0 unspecified atom stereocenters. The van der Waals surface area contributed by atoms with Crippen molar-refractivity contribution in [3.8, 4) is 16.9 Å². The SMILES string of the molecule is COc1ccc(CNC(=O)[C@@H]2CCCN(c3ncc(-c4ccccc4)cn3)C2)cc1. The van der Waals surface area contributed by atoms with Crippen molar-refractivity contribution in [2.24, 2.45) is 5.92 Å². The molecule has 1 amide bonds. The highest BCUT2D eigenvalue weighted by Gasteiger charge is 2.27. The number of carbonyl (C=O) groups excluding carboxylic acids is 1. The number of hydrogen-bond donors (Lipinski definition) is 1. The number of piperidine rings is 1. The van der Waals surface area contributed by atoms with Crippen molar-refractivity contribution in [2.45, 2.75) is 19.4 Å². The smallest absolute Gasteiger partial charge is 0.225 e. The van der Waals surface area contributed by atoms with Gasteiger partial charge < -0.3 is 15.0 Å². The van der Waals surface area contributed by atoms with Crippen LogP contribution in [-0.2, 0) is 11.3 Å². The number of amides is 1. The van der Waals surface area contributed by atoms with Crippen LogP contribution in [0.25, 0.3) is 11.1 Å². The van der Waals surface area contributed by atoms with Gasteiger partial charge in [0.05, 0.1) is 13.0 Å². The van der Waals surface area contributed by atoms with Crippen LogP contribution in [0.2, 0.25) is 0 Å². The van der Waals surface area contributed by atoms with Crippen molar-refractivity contribution >= 4 is 11.9 Å². The molecule has 3 aromatic rings. The number of rotatable bonds is 6. The Morgan fingerprint density at radius 2 is 1.80 bits per heavy atom. The summed E-state index contributed by atoms with van der Waals surface area (Å²) in [6, 6.07) is 17.8. The number of hydrogen-bond acceptors (Lipinski definition) is 5. The minimum atomic E-state index is -0.0607. The quantitative estimate of drug-likeness (QED) is 0.681. The van der Waals surface area contributed by atoms with Crippen LogP contribution in [0.15, 0.2) is 67.0 Å². The van der Waals surface area contributed by atoms with Gasteiger partial charge in [-0.15, -0.1) is 0 Å². The number of nitrogens with zero attached hydrogens (tertiary/aromatic N) is 3. The van der Waals surface area contributed by atoms with Gasteiger partial charge in [0.2, 0.25) is 11.9 Å². The summed E-state index contributed by atoms with van der Waals surface area (Å²) in [5.41, 5.74) is 3.14. The first kappa shape index (κ1) is 19.9. The van der Waals surface area contributed by atoms with Crippen LogP contribution in [0.1, 0.15) is 18.4 Å². The van der Waals surface area contributed by atoms with E-state index in [-0.39, 0.29) is 11.8 Å². The molecule has 1 aromatic heterocycles. The molecule has 154 valence electrons. The van der Waals surface area contributed by atoms with Gasteiger partial charge in [0.25, 0.3) is 0 Å². The zero-order valence-electron chi connectivity index (χ0n) is 17.1. The summed E-state index contributed by atoms with van der Waals surface area (Å²) in [4.78, 5) is 23.9. The molecule has 6 nitrogen and oxygen atoms in total. The summed E-state index contributed by atoms with van der Waals surface area (Å²) >= 11 is 0. The second-order valence-corrected chi connectivity index (χ2v) is 7.49. The fourth-order valence-electron chi connectivity index (χ4n) is 3.71. The van der Waals surface area contributed by atoms with Gasteiger partial charge in [-0.05, 0) is 36.1 Å². The number of ether oxygens (including phenoxy) is 1. The van der Waals surface area contributed by atoms with E-state index in [9.17, 15) is 4.79 Å². The molecule has 1 aliphatic heterocycles. The molecule has 0 bridgehead atoms. The maximum atomic E-state index is 12.7. The lowest BCUT2D eigenvalue weighted by Crippen LogP contribution is -2.43. The summed E-state index contributed by atoms with van der Waals surface area (Å²) in [7, 11) is 1.64. The van der Waals surface area contributed by atoms with E-state index in [1.807, 2.05) is 67.0 Å². The molecule has 0 radical (unpaired) electrons. The fourth-order valence-corrected chi connectivity index (χ4v) is 3.71. The Balaban J connectivity index is 1.34. The average molecular weight is 402 g/mol. The van der Waals surface area contributed by atoms with E-state index >= 15 is 0 Å². The molecule has 30 heavy (non-hydrogen) atoms. The third kappa shape index (κ3) is 4.76. The summed E-state index contributed by atoms with van der Waals surface area (Å²) in [5, 5.41) is 3.06. The second kappa shape index (κ2) is 9.39. The molecule has 1 fully saturated rings. The minimum absolute atomic E-state index is 0.0607. The van der Waals surface area contributed by atoms with Gasteiger partial charge in [-0.1, -0.05) is 42.5 Å². The Hall–Kier alpha value is -3.41. The topological polar surface area (TPSA) is 67.3 Å². The third-order valence-electron chi connectivity index (χ3n) is 5.45. The van der Waals surface area contributed by atoms with Crippen LogP contribution in [0.4, 0.5) is 5.95 Å². The van der Waals surface area contributed by atoms with Crippen molar-refractivity contribution in [2.75, 3.05) is 25.1 Å². The van der Waals surface area contributed by atoms with Gasteiger partial charge in [-0.2, -0.15) is 0 Å². The predicted molar refractivity (Wildman–Crippen MR) is 117 cm³/mol. The number of nitrogens with one attached hydrogen (secondary N) is 1. The fraction of sp³-hybridized carbons (Fsp3) is 0.292. The Kier molecular flexibility index (Phi) is 6.23. The molecule has 2 aromatic carbocycles. The molecule has 1 saturated heterocycles. The number of methoxy groups -OCH3 is 1. The molecule has 4 rings (SSSR count). The van der Waals surface area contributed by atoms with Crippen molar-refractivity contribution in [1.29, 1.82) is 0 Å². The van der Waals surface area contributed by atoms with Crippen molar-refractivity contribution in [3.63, 3.8) is 0 Å². The Morgan fingerprint density at radius 3 is 2.50 bits per heavy atom. The lowest BCUT2D eigenvalue weighted by molar-refractivity contribution is -0.125. The van der Waals surface area contributed by atoms with Gasteiger partial charge in [0.1, 0.15) is 5.75 Å². The van der Waals surface area contributed by atoms with Gasteiger partial charge in [-0.3, -0.25) is 4.79 Å². The zero-order chi connectivity index (χ0) is 20.8. The lowest BCUT2D eigenvalue weighted by atomic mass is 9.97. The van der Waals surface area contributed by atoms with E-state index in [1.54, 1.807) is 7.11 Å². The maximum absolute atomic E-state index is 12.7. The number of carbonyl (C=O) groups is 1. The van der Waals surface area contributed by atoms with E-state index in [2.05, 4.69) is 20.2 Å². The average Bonchev–Trinajstić information content (AvgIpc) is 2.83. The van der Waals surface area contributed by atoms with Crippen LogP contribution in [0.3, 0.4) is 0 Å². The van der Waals surface area contributed by atoms with Gasteiger partial charge in [0.15, 0.2) is 0 Å². The standard InChI is InChI=1S/C24H26N4O2/c1-30-22-11-9-18(10-12-22)14-25-23(29)20-8-5-13-28(17-20)24-26-15-21(16-27-24)19-6-3-2-4-7-19/h2-4,6-7,9-12,15-16,20H,5,8,13-14,17H2,1H3,(H,25,29)/t20-/m1/s1. The molecule has 1 aliphatic rings. The molecule has 2 heterocycles. The largest absolute Gasteiger partial charge is 0.497 e. The van der Waals surface area contributed by atoms with Crippen molar-refractivity contribution < 1.29 is 9.53 Å². The van der Waals surface area contributed by atoms with E-state index in [0.717, 1.165) is 41.8 Å². The maximum Gasteiger partial charge on any atom is 0.225 e. The Labute approximate surface area is 176 Å². The first-order valence-electron chi connectivity index (χ1n) is 10.3. The molecule has 1 atom stereocenters. The van der Waals surface area contributed by atoms with E-state index in [4.69, 9.17) is 4.74 Å². The molecular weight excluding hydrogens is 376 g/mol. The minimum Gasteiger partial charge on any atom is -0.497 e. The summed E-state index contributed by atoms with van der Waals surface area (Å²) in [5.74, 6) is 1.51. The normalized spacial score (nSPS) is 16.2. The van der Waals surface area contributed by atoms with Gasteiger partial charge in [0, 0.05) is 37.6 Å². The van der Waals surface area contributed by atoms with E-state index in [1.165, 1.54) is 0 Å². The lowest BCUT2D eigenvalue weighted by Gasteiger charge is -2.32. The number of benzene rings is 2. The molecular formula is C24H26N4O2. The number of aromatic nitrogens is 2. The van der Waals surface area contributed by atoms with E-state index in [0.29, 0.717) is 19.0 Å². The van der Waals surface area contributed by atoms with Crippen LogP contribution >= 0.6 is 0 Å². The van der Waals surface area contributed by atoms with Crippen LogP contribution in [-0.4, -0.2) is 36.1 Å². The van der Waals surface area contributed by atoms with E-state index < -0.39 is 0 Å². The molecule has 0 saturated carbocycles. The second-order valence-electron chi connectivity index (χ2n) is 7.49. The predicted octanol–water partition coefficient (Wildman–Crippen LogP) is 3.69. The Bertz CT molecular complexity index is 959. The first-order chi connectivity index (χ1) is 14.7. The monoisotopic (exact) mass is 402 g/mol. The molecule has 6 heteroatoms. The van der Waals surface area contributed by atoms with Crippen LogP contribution in [0, 0.1) is 5.92 Å². The zero-order valence-corrected chi connectivity index (χ0v) is 17.1. The van der Waals surface area contributed by atoms with Gasteiger partial charge >= 0.3 is 0 Å². The highest BCUT2D eigenvalue weighted by molar-refractivity contribution is 5.79. The summed E-state index contributed by atoms with van der Waals surface area (Å²) in [6.45, 7) is 2.02. The highest BCUT2D eigenvalue weighted by atomic mass is 16.5. The summed E-state index contributed by atoms with van der Waals surface area (Å²) in [6.07, 6.45) is 5.54. The molecule has 0 spiro atoms. The van der Waals surface area contributed by atoms with Crippen molar-refractivity contribution in [3.05, 3.63) is 72.6 Å². The third-order valence-corrected chi connectivity index (χ3v) is 5.45. The van der Waals surface area contributed by atoms with Crippen LogP contribution < -0.4 is 15.0 Å². The molecule has 1 N–H and O–H groups in total. The Morgan fingerprint density at radius 1 is 1.07 bits per heavy atom. The highest BCUT2D eigenvalue weighted by Crippen LogP contribution is 2.23. The van der Waals surface area contributed by atoms with Crippen molar-refractivity contribution in [1.82, 2.24) is 15.3 Å².